The van der Waals surface area contributed by atoms with Gasteiger partial charge in [0.15, 0.2) is 11.5 Å². The minimum atomic E-state index is -1.65. The number of rotatable bonds is 5. The summed E-state index contributed by atoms with van der Waals surface area (Å²) in [6, 6.07) is 5.09. The van der Waals surface area contributed by atoms with Gasteiger partial charge in [-0.1, -0.05) is 42.2 Å². The molecule has 0 saturated heterocycles. The summed E-state index contributed by atoms with van der Waals surface area (Å²) in [4.78, 5) is 17.3. The maximum atomic E-state index is 13.1. The first-order valence-electron chi connectivity index (χ1n) is 8.02. The van der Waals surface area contributed by atoms with Crippen molar-refractivity contribution >= 4 is 67.0 Å². The summed E-state index contributed by atoms with van der Waals surface area (Å²) in [7, 11) is 0. The molecule has 0 N–H and O–H groups in total. The van der Waals surface area contributed by atoms with E-state index >= 15 is 0 Å². The van der Waals surface area contributed by atoms with Gasteiger partial charge < -0.3 is 9.08 Å². The molecule has 5 nitrogen and oxygen atoms in total. The van der Waals surface area contributed by atoms with Crippen LogP contribution >= 0.6 is 39.1 Å². The average molecular weight is 490 g/mol. The molecule has 1 unspecified atom stereocenters. The summed E-state index contributed by atoms with van der Waals surface area (Å²) < 4.78 is 18.7. The predicted molar refractivity (Wildman–Crippen MR) is 110 cm³/mol. The predicted octanol–water partition coefficient (Wildman–Crippen LogP) is 5.75. The van der Waals surface area contributed by atoms with Crippen LogP contribution in [0.25, 0.3) is 10.9 Å². The summed E-state index contributed by atoms with van der Waals surface area (Å²) >= 11 is 14.6. The molecule has 1 aromatic carbocycles. The summed E-state index contributed by atoms with van der Waals surface area (Å²) in [5.41, 5.74) is 1.10. The average Bonchev–Trinajstić information content (AvgIpc) is 3.01. The molecule has 0 fully saturated rings. The smallest absolute Gasteiger partial charge is 0.257 e. The molecular formula is C18H15BrCl2N2O3S. The fraction of sp³-hybridized carbons (Fsp3) is 0.278. The lowest BCUT2D eigenvalue weighted by Crippen LogP contribution is -2.18. The number of hydrogen-bond acceptors (Lipinski definition) is 5. The van der Waals surface area contributed by atoms with E-state index < -0.39 is 11.2 Å². The highest BCUT2D eigenvalue weighted by atomic mass is 79.9. The van der Waals surface area contributed by atoms with Crippen molar-refractivity contribution in [3.05, 3.63) is 49.7 Å². The highest BCUT2D eigenvalue weighted by Gasteiger charge is 2.31. The number of carbonyl (C=O) groups is 1. The molecule has 0 aliphatic heterocycles. The molecule has 0 amide bonds. The van der Waals surface area contributed by atoms with Gasteiger partial charge in [0, 0.05) is 33.0 Å². The van der Waals surface area contributed by atoms with Gasteiger partial charge in [-0.25, -0.2) is 4.98 Å². The summed E-state index contributed by atoms with van der Waals surface area (Å²) in [6.07, 6.45) is 0. The van der Waals surface area contributed by atoms with Crippen LogP contribution in [0.2, 0.25) is 10.0 Å². The molecular weight excluding hydrogens is 475 g/mol. The molecule has 142 valence electrons. The van der Waals surface area contributed by atoms with Gasteiger partial charge in [0.05, 0.1) is 15.6 Å². The molecule has 0 spiro atoms. The molecule has 0 aliphatic carbocycles. The number of ketones is 1. The third-order valence-corrected chi connectivity index (χ3v) is 6.50. The molecule has 1 atom stereocenters. The SMILES string of the molecule is Cc1cc(C[S+]([O-])c2nc3c(Br)ccc(Cl)c3c(Cl)c2C(=O)C(C)C)no1. The Bertz CT molecular complexity index is 1040. The molecule has 3 aromatic rings. The van der Waals surface area contributed by atoms with Crippen molar-refractivity contribution in [2.75, 3.05) is 0 Å². The van der Waals surface area contributed by atoms with Crippen molar-refractivity contribution in [3.8, 4) is 0 Å². The van der Waals surface area contributed by atoms with Crippen LogP contribution in [0.1, 0.15) is 35.7 Å². The molecule has 27 heavy (non-hydrogen) atoms. The Morgan fingerprint density at radius 1 is 1.37 bits per heavy atom. The van der Waals surface area contributed by atoms with Crippen LogP contribution in [0.3, 0.4) is 0 Å². The minimum absolute atomic E-state index is 0.0583. The van der Waals surface area contributed by atoms with Crippen molar-refractivity contribution in [3.63, 3.8) is 0 Å². The van der Waals surface area contributed by atoms with Crippen LogP contribution in [0, 0.1) is 12.8 Å². The molecule has 2 heterocycles. The highest BCUT2D eigenvalue weighted by molar-refractivity contribution is 9.10. The molecule has 9 heteroatoms. The van der Waals surface area contributed by atoms with Crippen LogP contribution in [-0.4, -0.2) is 20.5 Å². The lowest BCUT2D eigenvalue weighted by atomic mass is 10.0. The Kier molecular flexibility index (Phi) is 6.17. The fourth-order valence-electron chi connectivity index (χ4n) is 2.59. The number of benzene rings is 1. The zero-order valence-corrected chi connectivity index (χ0v) is 18.6. The van der Waals surface area contributed by atoms with E-state index in [0.29, 0.717) is 31.9 Å². The molecule has 0 bridgehead atoms. The highest BCUT2D eigenvalue weighted by Crippen LogP contribution is 2.39. The van der Waals surface area contributed by atoms with Gasteiger partial charge in [-0.05, 0) is 35.0 Å². The molecule has 0 aliphatic rings. The van der Waals surface area contributed by atoms with E-state index in [0.717, 1.165) is 0 Å². The third-order valence-electron chi connectivity index (χ3n) is 3.89. The van der Waals surface area contributed by atoms with E-state index in [9.17, 15) is 9.35 Å². The van der Waals surface area contributed by atoms with Gasteiger partial charge in [0.1, 0.15) is 17.0 Å². The molecule has 3 rings (SSSR count). The second-order valence-corrected chi connectivity index (χ2v) is 9.30. The number of aryl methyl sites for hydroxylation is 1. The van der Waals surface area contributed by atoms with E-state index in [2.05, 4.69) is 26.1 Å². The lowest BCUT2D eigenvalue weighted by Gasteiger charge is -2.17. The van der Waals surface area contributed by atoms with E-state index in [1.54, 1.807) is 39.0 Å². The normalized spacial score (nSPS) is 12.7. The standard InChI is InChI=1S/C18H15BrCl2N2O3S/c1-8(2)17(24)14-15(21)13-12(20)5-4-11(19)16(13)22-18(14)27(25)7-10-6-9(3)26-23-10/h4-6,8H,7H2,1-3H3. The Balaban J connectivity index is 2.24. The van der Waals surface area contributed by atoms with Crippen molar-refractivity contribution < 1.29 is 13.9 Å². The number of aromatic nitrogens is 2. The van der Waals surface area contributed by atoms with Gasteiger partial charge in [-0.3, -0.25) is 4.79 Å². The number of carbonyl (C=O) groups excluding carboxylic acids is 1. The van der Waals surface area contributed by atoms with Gasteiger partial charge in [0.25, 0.3) is 5.03 Å². The Hall–Kier alpha value is -1.12. The molecule has 0 saturated carbocycles. The van der Waals surface area contributed by atoms with Gasteiger partial charge in [-0.2, -0.15) is 0 Å². The zero-order chi connectivity index (χ0) is 19.9. The topological polar surface area (TPSA) is 79.0 Å². The van der Waals surface area contributed by atoms with Crippen molar-refractivity contribution in [2.45, 2.75) is 31.6 Å². The van der Waals surface area contributed by atoms with Crippen molar-refractivity contribution in [1.29, 1.82) is 0 Å². The first-order valence-corrected chi connectivity index (χ1v) is 10.9. The van der Waals surface area contributed by atoms with Crippen molar-refractivity contribution in [2.24, 2.45) is 5.92 Å². The number of hydrogen-bond donors (Lipinski definition) is 0. The Labute approximate surface area is 177 Å². The lowest BCUT2D eigenvalue weighted by molar-refractivity contribution is 0.0935. The second-order valence-electron chi connectivity index (χ2n) is 6.30. The largest absolute Gasteiger partial charge is 0.610 e. The molecule has 2 aromatic heterocycles. The fourth-order valence-corrected chi connectivity index (χ4v) is 4.90. The van der Waals surface area contributed by atoms with Crippen LogP contribution in [0.5, 0.6) is 0 Å². The maximum Gasteiger partial charge on any atom is 0.257 e. The second kappa shape index (κ2) is 8.09. The number of pyridine rings is 1. The van der Waals surface area contributed by atoms with Crippen LogP contribution < -0.4 is 0 Å². The Morgan fingerprint density at radius 2 is 2.07 bits per heavy atom. The first kappa shape index (κ1) is 20.6. The van der Waals surface area contributed by atoms with E-state index in [-0.39, 0.29) is 33.1 Å². The maximum absolute atomic E-state index is 13.1. The first-order chi connectivity index (χ1) is 12.7. The number of Topliss-reactive ketones (excluding diaryl/α,β-unsaturated/α-hetero) is 1. The monoisotopic (exact) mass is 488 g/mol. The zero-order valence-electron chi connectivity index (χ0n) is 14.7. The summed E-state index contributed by atoms with van der Waals surface area (Å²) in [6.45, 7) is 5.25. The van der Waals surface area contributed by atoms with Crippen molar-refractivity contribution in [1.82, 2.24) is 10.1 Å². The van der Waals surface area contributed by atoms with E-state index in [1.807, 2.05) is 0 Å². The number of fused-ring (bicyclic) bond motifs is 1. The van der Waals surface area contributed by atoms with E-state index in [1.165, 1.54) is 0 Å². The van der Waals surface area contributed by atoms with Gasteiger partial charge >= 0.3 is 0 Å². The van der Waals surface area contributed by atoms with Crippen LogP contribution in [-0.2, 0) is 16.9 Å². The minimum Gasteiger partial charge on any atom is -0.610 e. The van der Waals surface area contributed by atoms with Crippen LogP contribution in [0.15, 0.2) is 32.2 Å². The molecule has 0 radical (unpaired) electrons. The summed E-state index contributed by atoms with van der Waals surface area (Å²) in [5.74, 6) is 0.0743. The quantitative estimate of drug-likeness (QED) is 0.337. The van der Waals surface area contributed by atoms with Crippen LogP contribution in [0.4, 0.5) is 0 Å². The van der Waals surface area contributed by atoms with Gasteiger partial charge in [0.2, 0.25) is 0 Å². The third kappa shape index (κ3) is 4.03. The van der Waals surface area contributed by atoms with Gasteiger partial charge in [-0.15, -0.1) is 0 Å². The number of halogens is 3. The Morgan fingerprint density at radius 3 is 2.67 bits per heavy atom. The van der Waals surface area contributed by atoms with E-state index in [4.69, 9.17) is 27.7 Å². The number of nitrogens with zero attached hydrogens (tertiary/aromatic N) is 2. The summed E-state index contributed by atoms with van der Waals surface area (Å²) in [5, 5.41) is 4.96.